The molecule has 2 amide bonds. The molecule has 6 heteroatoms. The molecule has 2 rings (SSSR count). The number of hydrogen-bond donors (Lipinski definition) is 2. The molecular formula is C10H14N4O2. The lowest BCUT2D eigenvalue weighted by molar-refractivity contribution is -0.127. The molecule has 6 nitrogen and oxygen atoms in total. The maximum Gasteiger partial charge on any atom is 0.230 e. The maximum atomic E-state index is 11.8. The molecule has 1 fully saturated rings. The van der Waals surface area contributed by atoms with E-state index in [0.717, 1.165) is 5.56 Å². The van der Waals surface area contributed by atoms with Crippen LogP contribution in [0.4, 0.5) is 5.82 Å². The van der Waals surface area contributed by atoms with Crippen LogP contribution in [0, 0.1) is 12.8 Å². The summed E-state index contributed by atoms with van der Waals surface area (Å²) in [5, 5.41) is 9.25. The molecule has 1 aliphatic heterocycles. The summed E-state index contributed by atoms with van der Waals surface area (Å²) in [7, 11) is 1.71. The number of hydrogen-bond acceptors (Lipinski definition) is 3. The van der Waals surface area contributed by atoms with Gasteiger partial charge in [0.25, 0.3) is 0 Å². The van der Waals surface area contributed by atoms with Gasteiger partial charge in [-0.25, -0.2) is 0 Å². The van der Waals surface area contributed by atoms with Crippen molar-refractivity contribution in [3.05, 3.63) is 11.8 Å². The number of amides is 2. The van der Waals surface area contributed by atoms with E-state index in [1.165, 1.54) is 0 Å². The number of nitrogens with zero attached hydrogens (tertiary/aromatic N) is 2. The highest BCUT2D eigenvalue weighted by Gasteiger charge is 2.32. The summed E-state index contributed by atoms with van der Waals surface area (Å²) in [6, 6.07) is 0. The topological polar surface area (TPSA) is 78.1 Å². The first-order valence-electron chi connectivity index (χ1n) is 5.12. The summed E-state index contributed by atoms with van der Waals surface area (Å²) in [5.74, 6) is 0.221. The van der Waals surface area contributed by atoms with Crippen LogP contribution in [0.2, 0.25) is 0 Å². The van der Waals surface area contributed by atoms with E-state index in [4.69, 9.17) is 0 Å². The summed E-state index contributed by atoms with van der Waals surface area (Å²) >= 11 is 0. The van der Waals surface area contributed by atoms with Crippen LogP contribution in [0.1, 0.15) is 12.0 Å². The standard InChI is InChI=1S/C10H14N4O2/c1-6-4-11-13-9(6)12-10(16)7-3-8(15)14(2)5-7/h4,7H,3,5H2,1-2H3,(H2,11,12,13,16). The van der Waals surface area contributed by atoms with Crippen molar-refractivity contribution in [3.8, 4) is 0 Å². The Labute approximate surface area is 93.0 Å². The summed E-state index contributed by atoms with van der Waals surface area (Å²) in [6.45, 7) is 2.34. The Morgan fingerprint density at radius 3 is 2.94 bits per heavy atom. The van der Waals surface area contributed by atoms with Crippen LogP contribution < -0.4 is 5.32 Å². The number of rotatable bonds is 2. The molecule has 0 aliphatic carbocycles. The van der Waals surface area contributed by atoms with Crippen molar-refractivity contribution in [1.29, 1.82) is 0 Å². The van der Waals surface area contributed by atoms with Crippen LogP contribution in [0.3, 0.4) is 0 Å². The lowest BCUT2D eigenvalue weighted by atomic mass is 10.1. The lowest BCUT2D eigenvalue weighted by Crippen LogP contribution is -2.26. The van der Waals surface area contributed by atoms with E-state index in [9.17, 15) is 9.59 Å². The fourth-order valence-electron chi connectivity index (χ4n) is 1.74. The molecule has 2 N–H and O–H groups in total. The Kier molecular flexibility index (Phi) is 2.64. The van der Waals surface area contributed by atoms with Gasteiger partial charge in [-0.3, -0.25) is 14.7 Å². The number of anilines is 1. The Hall–Kier alpha value is -1.85. The lowest BCUT2D eigenvalue weighted by Gasteiger charge is -2.10. The minimum absolute atomic E-state index is 0.0153. The van der Waals surface area contributed by atoms with Crippen LogP contribution in [0.5, 0.6) is 0 Å². The monoisotopic (exact) mass is 222 g/mol. The zero-order valence-corrected chi connectivity index (χ0v) is 9.28. The number of carbonyl (C=O) groups excluding carboxylic acids is 2. The van der Waals surface area contributed by atoms with Gasteiger partial charge in [-0.15, -0.1) is 0 Å². The highest BCUT2D eigenvalue weighted by molar-refractivity contribution is 5.96. The van der Waals surface area contributed by atoms with E-state index in [1.807, 2.05) is 6.92 Å². The highest BCUT2D eigenvalue weighted by Crippen LogP contribution is 2.18. The van der Waals surface area contributed by atoms with Gasteiger partial charge in [0, 0.05) is 25.6 Å². The number of likely N-dealkylation sites (tertiary alicyclic amines) is 1. The van der Waals surface area contributed by atoms with Gasteiger partial charge >= 0.3 is 0 Å². The third-order valence-electron chi connectivity index (χ3n) is 2.79. The molecule has 16 heavy (non-hydrogen) atoms. The molecule has 1 unspecified atom stereocenters. The van der Waals surface area contributed by atoms with Crippen molar-refractivity contribution in [2.45, 2.75) is 13.3 Å². The van der Waals surface area contributed by atoms with Gasteiger partial charge in [0.1, 0.15) is 5.82 Å². The van der Waals surface area contributed by atoms with Crippen LogP contribution in [-0.2, 0) is 9.59 Å². The molecule has 0 aromatic carbocycles. The van der Waals surface area contributed by atoms with Gasteiger partial charge < -0.3 is 10.2 Å². The van der Waals surface area contributed by atoms with Crippen molar-refractivity contribution in [2.75, 3.05) is 18.9 Å². The van der Waals surface area contributed by atoms with Crippen molar-refractivity contribution >= 4 is 17.6 Å². The predicted molar refractivity (Wildman–Crippen MR) is 57.7 cm³/mol. The molecule has 1 aromatic rings. The summed E-state index contributed by atoms with van der Waals surface area (Å²) in [6.07, 6.45) is 1.93. The zero-order chi connectivity index (χ0) is 11.7. The Morgan fingerprint density at radius 1 is 1.69 bits per heavy atom. The molecule has 86 valence electrons. The second kappa shape index (κ2) is 3.96. The van der Waals surface area contributed by atoms with Gasteiger partial charge in [0.15, 0.2) is 0 Å². The summed E-state index contributed by atoms with van der Waals surface area (Å²) < 4.78 is 0. The van der Waals surface area contributed by atoms with Gasteiger partial charge in [-0.2, -0.15) is 5.10 Å². The van der Waals surface area contributed by atoms with Crippen molar-refractivity contribution in [1.82, 2.24) is 15.1 Å². The number of aromatic nitrogens is 2. The molecule has 1 atom stereocenters. The van der Waals surface area contributed by atoms with Crippen LogP contribution in [0.25, 0.3) is 0 Å². The second-order valence-corrected chi connectivity index (χ2v) is 4.09. The van der Waals surface area contributed by atoms with E-state index < -0.39 is 0 Å². The van der Waals surface area contributed by atoms with Crippen LogP contribution >= 0.6 is 0 Å². The van der Waals surface area contributed by atoms with E-state index in [-0.39, 0.29) is 24.2 Å². The minimum Gasteiger partial charge on any atom is -0.345 e. The summed E-state index contributed by atoms with van der Waals surface area (Å²) in [4.78, 5) is 24.7. The number of carbonyl (C=O) groups is 2. The van der Waals surface area contributed by atoms with Crippen molar-refractivity contribution in [3.63, 3.8) is 0 Å². The molecule has 0 spiro atoms. The normalized spacial score (nSPS) is 20.2. The quantitative estimate of drug-likeness (QED) is 0.746. The van der Waals surface area contributed by atoms with Gasteiger partial charge in [0.05, 0.1) is 12.1 Å². The van der Waals surface area contributed by atoms with Gasteiger partial charge in [-0.1, -0.05) is 0 Å². The third-order valence-corrected chi connectivity index (χ3v) is 2.79. The molecular weight excluding hydrogens is 208 g/mol. The smallest absolute Gasteiger partial charge is 0.230 e. The Morgan fingerprint density at radius 2 is 2.44 bits per heavy atom. The zero-order valence-electron chi connectivity index (χ0n) is 9.28. The fourth-order valence-corrected chi connectivity index (χ4v) is 1.74. The van der Waals surface area contributed by atoms with E-state index in [2.05, 4.69) is 15.5 Å². The average molecular weight is 222 g/mol. The first kappa shape index (κ1) is 10.7. The van der Waals surface area contributed by atoms with Crippen molar-refractivity contribution in [2.24, 2.45) is 5.92 Å². The minimum atomic E-state index is -0.264. The second-order valence-electron chi connectivity index (χ2n) is 4.09. The van der Waals surface area contributed by atoms with Gasteiger partial charge in [0.2, 0.25) is 11.8 Å². The van der Waals surface area contributed by atoms with Crippen LogP contribution in [0.15, 0.2) is 6.20 Å². The third kappa shape index (κ3) is 1.91. The molecule has 2 heterocycles. The average Bonchev–Trinajstić information content (AvgIpc) is 2.76. The Balaban J connectivity index is 2.00. The number of aromatic amines is 1. The SMILES string of the molecule is Cc1cn[nH]c1NC(=O)C1CC(=O)N(C)C1. The number of aryl methyl sites for hydroxylation is 1. The number of H-pyrrole nitrogens is 1. The summed E-state index contributed by atoms with van der Waals surface area (Å²) in [5.41, 5.74) is 0.881. The molecule has 0 radical (unpaired) electrons. The molecule has 1 aromatic heterocycles. The van der Waals surface area contributed by atoms with Gasteiger partial charge in [-0.05, 0) is 6.92 Å². The van der Waals surface area contributed by atoms with Crippen LogP contribution in [-0.4, -0.2) is 40.5 Å². The fraction of sp³-hybridized carbons (Fsp3) is 0.500. The van der Waals surface area contributed by atoms with E-state index in [0.29, 0.717) is 12.4 Å². The molecule has 0 bridgehead atoms. The molecule has 1 saturated heterocycles. The van der Waals surface area contributed by atoms with Crippen molar-refractivity contribution < 1.29 is 9.59 Å². The largest absolute Gasteiger partial charge is 0.345 e. The number of nitrogens with one attached hydrogen (secondary N) is 2. The van der Waals surface area contributed by atoms with E-state index in [1.54, 1.807) is 18.1 Å². The first-order valence-corrected chi connectivity index (χ1v) is 5.12. The molecule has 1 aliphatic rings. The van der Waals surface area contributed by atoms with E-state index >= 15 is 0 Å². The maximum absolute atomic E-state index is 11.8. The Bertz CT molecular complexity index is 426. The highest BCUT2D eigenvalue weighted by atomic mass is 16.2. The molecule has 0 saturated carbocycles. The predicted octanol–water partition coefficient (Wildman–Crippen LogP) is 0.135. The first-order chi connectivity index (χ1) is 7.58.